The summed E-state index contributed by atoms with van der Waals surface area (Å²) in [6.07, 6.45) is 0.429. The molecule has 0 saturated carbocycles. The Kier molecular flexibility index (Phi) is 10.5. The van der Waals surface area contributed by atoms with Gasteiger partial charge in [-0.05, 0) is 61.4 Å². The normalized spacial score (nSPS) is 11.2. The lowest BCUT2D eigenvalue weighted by Gasteiger charge is -2.15. The summed E-state index contributed by atoms with van der Waals surface area (Å²) in [7, 11) is 1.23. The number of aromatic carboxylic acids is 1. The van der Waals surface area contributed by atoms with Gasteiger partial charge in [0.2, 0.25) is 5.91 Å². The zero-order valence-electron chi connectivity index (χ0n) is 24.0. The summed E-state index contributed by atoms with van der Waals surface area (Å²) in [4.78, 5) is 64.4. The van der Waals surface area contributed by atoms with Crippen molar-refractivity contribution in [3.05, 3.63) is 106 Å². The molecule has 0 spiro atoms. The minimum absolute atomic E-state index is 0.0216. The maximum Gasteiger partial charge on any atom is 0.341 e. The van der Waals surface area contributed by atoms with Crippen LogP contribution in [0.1, 0.15) is 59.7 Å². The zero-order chi connectivity index (χ0) is 31.8. The minimum Gasteiger partial charge on any atom is -0.478 e. The Hall–Kier alpha value is -4.94. The second-order valence-electron chi connectivity index (χ2n) is 9.41. The molecular formula is C32H29N3O7S2. The summed E-state index contributed by atoms with van der Waals surface area (Å²) in [5.41, 5.74) is 1.41. The van der Waals surface area contributed by atoms with Crippen LogP contribution in [0.4, 0.5) is 16.4 Å². The molecule has 1 atom stereocenters. The first-order chi connectivity index (χ1) is 21.1. The van der Waals surface area contributed by atoms with Crippen LogP contribution < -0.4 is 16.0 Å². The molecule has 4 aromatic rings. The molecule has 0 bridgehead atoms. The summed E-state index contributed by atoms with van der Waals surface area (Å²) >= 11 is 2.24. The fourth-order valence-corrected chi connectivity index (χ4v) is 6.37. The molecule has 10 nitrogen and oxygen atoms in total. The van der Waals surface area contributed by atoms with Crippen LogP contribution in [-0.4, -0.2) is 47.1 Å². The molecule has 1 unspecified atom stereocenters. The van der Waals surface area contributed by atoms with Crippen molar-refractivity contribution in [3.63, 3.8) is 0 Å². The van der Waals surface area contributed by atoms with Crippen LogP contribution in [0.3, 0.4) is 0 Å². The van der Waals surface area contributed by atoms with Crippen LogP contribution in [0, 0.1) is 6.92 Å². The summed E-state index contributed by atoms with van der Waals surface area (Å²) in [6, 6.07) is 21.6. The van der Waals surface area contributed by atoms with Crippen molar-refractivity contribution in [1.29, 1.82) is 0 Å². The number of ether oxygens (including phenoxy) is 1. The number of esters is 1. The van der Waals surface area contributed by atoms with E-state index >= 15 is 0 Å². The number of carboxylic acids is 1. The number of amides is 3. The third kappa shape index (κ3) is 7.52. The van der Waals surface area contributed by atoms with E-state index in [2.05, 4.69) is 16.0 Å². The van der Waals surface area contributed by atoms with E-state index in [1.54, 1.807) is 67.6 Å². The Morgan fingerprint density at radius 3 is 2.14 bits per heavy atom. The quantitative estimate of drug-likeness (QED) is 0.107. The van der Waals surface area contributed by atoms with Gasteiger partial charge in [0.1, 0.15) is 5.00 Å². The summed E-state index contributed by atoms with van der Waals surface area (Å²) in [5.74, 6) is -3.27. The van der Waals surface area contributed by atoms with E-state index in [9.17, 15) is 29.1 Å². The molecule has 4 rings (SSSR count). The molecule has 0 aliphatic heterocycles. The molecule has 4 N–H and O–H groups in total. The van der Waals surface area contributed by atoms with Crippen molar-refractivity contribution < 1.29 is 33.8 Å². The molecule has 226 valence electrons. The standard InChI is InChI=1S/C32H29N3O7S2/c1-4-24(43-21-14-10-13-20(17-21)34-27(36)22-15-8-9-16-23(22)31(39)40)28(37)35-30-25(32(41)42-3)18(2)26(44-30)29(38)33-19-11-6-5-7-12-19/h5-17,24H,4H2,1-3H3,(H,33,38)(H,34,36)(H,35,37)(H,39,40). The van der Waals surface area contributed by atoms with E-state index in [0.29, 0.717) is 28.3 Å². The number of thioether (sulfide) groups is 1. The Balaban J connectivity index is 1.51. The van der Waals surface area contributed by atoms with Gasteiger partial charge >= 0.3 is 11.9 Å². The molecule has 1 aromatic heterocycles. The number of hydrogen-bond acceptors (Lipinski definition) is 8. The second kappa shape index (κ2) is 14.5. The first-order valence-corrected chi connectivity index (χ1v) is 15.1. The number of carboxylic acid groups (broad SMARTS) is 1. The van der Waals surface area contributed by atoms with Gasteiger partial charge in [0, 0.05) is 16.3 Å². The van der Waals surface area contributed by atoms with Gasteiger partial charge in [-0.15, -0.1) is 23.1 Å². The van der Waals surface area contributed by atoms with E-state index in [1.165, 1.54) is 31.0 Å². The lowest BCUT2D eigenvalue weighted by molar-refractivity contribution is -0.115. The molecule has 3 amide bonds. The number of methoxy groups -OCH3 is 1. The number of carbonyl (C=O) groups excluding carboxylic acids is 4. The molecule has 3 aromatic carbocycles. The minimum atomic E-state index is -1.21. The zero-order valence-corrected chi connectivity index (χ0v) is 25.6. The van der Waals surface area contributed by atoms with Gasteiger partial charge in [0.05, 0.1) is 33.9 Å². The van der Waals surface area contributed by atoms with E-state index in [1.807, 2.05) is 13.0 Å². The molecule has 1 heterocycles. The lowest BCUT2D eigenvalue weighted by Crippen LogP contribution is -2.25. The predicted molar refractivity (Wildman–Crippen MR) is 171 cm³/mol. The van der Waals surface area contributed by atoms with Crippen LogP contribution in [0.15, 0.2) is 83.8 Å². The monoisotopic (exact) mass is 631 g/mol. The molecular weight excluding hydrogens is 603 g/mol. The lowest BCUT2D eigenvalue weighted by atomic mass is 10.1. The van der Waals surface area contributed by atoms with Crippen LogP contribution in [0.5, 0.6) is 0 Å². The van der Waals surface area contributed by atoms with Crippen molar-refractivity contribution in [2.24, 2.45) is 0 Å². The summed E-state index contributed by atoms with van der Waals surface area (Å²) in [5, 5.41) is 17.3. The fraction of sp³-hybridized carbons (Fsp3) is 0.156. The number of nitrogens with one attached hydrogen (secondary N) is 3. The number of anilines is 3. The van der Waals surface area contributed by atoms with Crippen LogP contribution in [0.25, 0.3) is 0 Å². The SMILES string of the molecule is CCC(Sc1cccc(NC(=O)c2ccccc2C(=O)O)c1)C(=O)Nc1sc(C(=O)Nc2ccccc2)c(C)c1C(=O)OC. The number of benzene rings is 3. The smallest absolute Gasteiger partial charge is 0.341 e. The van der Waals surface area contributed by atoms with Crippen LogP contribution in [0.2, 0.25) is 0 Å². The Morgan fingerprint density at radius 1 is 0.841 bits per heavy atom. The van der Waals surface area contributed by atoms with Gasteiger partial charge in [0.25, 0.3) is 11.8 Å². The van der Waals surface area contributed by atoms with Crippen molar-refractivity contribution >= 4 is 69.1 Å². The van der Waals surface area contributed by atoms with Crippen molar-refractivity contribution in [2.75, 3.05) is 23.1 Å². The van der Waals surface area contributed by atoms with Crippen LogP contribution >= 0.6 is 23.1 Å². The average Bonchev–Trinajstić information content (AvgIpc) is 3.35. The van der Waals surface area contributed by atoms with Gasteiger partial charge in [-0.25, -0.2) is 9.59 Å². The van der Waals surface area contributed by atoms with Gasteiger partial charge in [-0.3, -0.25) is 14.4 Å². The van der Waals surface area contributed by atoms with E-state index < -0.39 is 29.0 Å². The molecule has 0 saturated heterocycles. The predicted octanol–water partition coefficient (Wildman–Crippen LogP) is 6.56. The Bertz CT molecular complexity index is 1720. The highest BCUT2D eigenvalue weighted by atomic mass is 32.2. The Labute approximate surface area is 261 Å². The van der Waals surface area contributed by atoms with E-state index in [-0.39, 0.29) is 32.5 Å². The number of rotatable bonds is 11. The summed E-state index contributed by atoms with van der Waals surface area (Å²) in [6.45, 7) is 3.46. The molecule has 0 fully saturated rings. The first kappa shape index (κ1) is 32.0. The Morgan fingerprint density at radius 2 is 1.48 bits per heavy atom. The third-order valence-corrected chi connectivity index (χ3v) is 9.01. The van der Waals surface area contributed by atoms with Gasteiger partial charge in [-0.1, -0.05) is 43.3 Å². The van der Waals surface area contributed by atoms with Gasteiger partial charge in [-0.2, -0.15) is 0 Å². The molecule has 0 aliphatic carbocycles. The first-order valence-electron chi connectivity index (χ1n) is 13.4. The highest BCUT2D eigenvalue weighted by Crippen LogP contribution is 2.36. The third-order valence-electron chi connectivity index (χ3n) is 6.45. The van der Waals surface area contributed by atoms with E-state index in [0.717, 1.165) is 11.3 Å². The second-order valence-corrected chi connectivity index (χ2v) is 11.7. The highest BCUT2D eigenvalue weighted by Gasteiger charge is 2.28. The number of hydrogen-bond donors (Lipinski definition) is 4. The average molecular weight is 632 g/mol. The maximum atomic E-state index is 13.4. The molecule has 0 radical (unpaired) electrons. The molecule has 0 aliphatic rings. The number of carbonyl (C=O) groups is 5. The fourth-order valence-electron chi connectivity index (χ4n) is 4.27. The maximum absolute atomic E-state index is 13.4. The van der Waals surface area contributed by atoms with Gasteiger partial charge < -0.3 is 25.8 Å². The van der Waals surface area contributed by atoms with Crippen molar-refractivity contribution in [2.45, 2.75) is 30.4 Å². The topological polar surface area (TPSA) is 151 Å². The molecule has 44 heavy (non-hydrogen) atoms. The largest absolute Gasteiger partial charge is 0.478 e. The number of para-hydroxylation sites is 1. The van der Waals surface area contributed by atoms with E-state index in [4.69, 9.17) is 4.74 Å². The number of thiophene rings is 1. The molecule has 12 heteroatoms. The highest BCUT2D eigenvalue weighted by molar-refractivity contribution is 8.00. The van der Waals surface area contributed by atoms with Gasteiger partial charge in [0.15, 0.2) is 0 Å². The van der Waals surface area contributed by atoms with Crippen LogP contribution in [-0.2, 0) is 9.53 Å². The van der Waals surface area contributed by atoms with Crippen molar-refractivity contribution in [1.82, 2.24) is 0 Å². The van der Waals surface area contributed by atoms with Crippen molar-refractivity contribution in [3.8, 4) is 0 Å². The summed E-state index contributed by atoms with van der Waals surface area (Å²) < 4.78 is 4.94.